The van der Waals surface area contributed by atoms with Gasteiger partial charge in [0.05, 0.1) is 15.8 Å². The van der Waals surface area contributed by atoms with E-state index in [4.69, 9.17) is 0 Å². The lowest BCUT2D eigenvalue weighted by atomic mass is 10.1. The second kappa shape index (κ2) is 4.55. The van der Waals surface area contributed by atoms with Crippen LogP contribution in [-0.2, 0) is 9.84 Å². The molecule has 4 nitrogen and oxygen atoms in total. The minimum absolute atomic E-state index is 0.0308. The molecule has 1 aromatic rings. The molecule has 0 saturated carbocycles. The molecule has 1 aliphatic heterocycles. The van der Waals surface area contributed by atoms with Crippen LogP contribution in [0.5, 0.6) is 0 Å². The van der Waals surface area contributed by atoms with Crippen molar-refractivity contribution in [1.82, 2.24) is 5.32 Å². The van der Waals surface area contributed by atoms with Crippen LogP contribution in [0.2, 0.25) is 0 Å². The van der Waals surface area contributed by atoms with Gasteiger partial charge in [0.1, 0.15) is 0 Å². The molecule has 1 aromatic carbocycles. The number of hydrogen-bond acceptors (Lipinski definition) is 4. The summed E-state index contributed by atoms with van der Waals surface area (Å²) >= 11 is 0. The molecule has 0 fully saturated rings. The summed E-state index contributed by atoms with van der Waals surface area (Å²) in [6.45, 7) is 4.41. The SMILES string of the molecule is CNCC1C(C)N(C)c2cc(C)ccc2S1(=O)=O. The van der Waals surface area contributed by atoms with Gasteiger partial charge in [0.25, 0.3) is 0 Å². The largest absolute Gasteiger partial charge is 0.369 e. The van der Waals surface area contributed by atoms with E-state index in [-0.39, 0.29) is 6.04 Å². The van der Waals surface area contributed by atoms with Crippen LogP contribution in [0.1, 0.15) is 12.5 Å². The molecular formula is C13H20N2O2S. The van der Waals surface area contributed by atoms with Crippen LogP contribution < -0.4 is 10.2 Å². The maximum absolute atomic E-state index is 12.6. The Labute approximate surface area is 109 Å². The van der Waals surface area contributed by atoms with Gasteiger partial charge < -0.3 is 10.2 Å². The van der Waals surface area contributed by atoms with Crippen molar-refractivity contribution in [1.29, 1.82) is 0 Å². The number of hydrogen-bond donors (Lipinski definition) is 1. The Morgan fingerprint density at radius 3 is 2.67 bits per heavy atom. The van der Waals surface area contributed by atoms with Crippen LogP contribution in [-0.4, -0.2) is 40.3 Å². The fourth-order valence-corrected chi connectivity index (χ4v) is 4.68. The molecule has 2 rings (SSSR count). The lowest BCUT2D eigenvalue weighted by Gasteiger charge is -2.39. The summed E-state index contributed by atoms with van der Waals surface area (Å²) in [6, 6.07) is 5.50. The van der Waals surface area contributed by atoms with Crippen molar-refractivity contribution in [3.63, 3.8) is 0 Å². The Balaban J connectivity index is 2.62. The Morgan fingerprint density at radius 1 is 1.39 bits per heavy atom. The van der Waals surface area contributed by atoms with Gasteiger partial charge >= 0.3 is 0 Å². The maximum Gasteiger partial charge on any atom is 0.186 e. The van der Waals surface area contributed by atoms with E-state index in [0.717, 1.165) is 11.3 Å². The Bertz CT molecular complexity index is 554. The van der Waals surface area contributed by atoms with Gasteiger partial charge in [-0.2, -0.15) is 0 Å². The highest BCUT2D eigenvalue weighted by molar-refractivity contribution is 7.92. The summed E-state index contributed by atoms with van der Waals surface area (Å²) in [5.41, 5.74) is 1.89. The first kappa shape index (κ1) is 13.4. The summed E-state index contributed by atoms with van der Waals surface area (Å²) in [5.74, 6) is 0. The van der Waals surface area contributed by atoms with Crippen molar-refractivity contribution in [2.45, 2.75) is 30.0 Å². The predicted octanol–water partition coefficient (Wildman–Crippen LogP) is 1.20. The fourth-order valence-electron chi connectivity index (χ4n) is 2.52. The maximum atomic E-state index is 12.6. The van der Waals surface area contributed by atoms with Gasteiger partial charge in [0.2, 0.25) is 0 Å². The summed E-state index contributed by atoms with van der Waals surface area (Å²) in [5, 5.41) is 2.58. The van der Waals surface area contributed by atoms with Crippen molar-refractivity contribution in [2.75, 3.05) is 25.5 Å². The first-order valence-electron chi connectivity index (χ1n) is 6.11. The van der Waals surface area contributed by atoms with Crippen LogP contribution in [0.4, 0.5) is 5.69 Å². The number of sulfone groups is 1. The van der Waals surface area contributed by atoms with E-state index in [0.29, 0.717) is 11.4 Å². The van der Waals surface area contributed by atoms with Gasteiger partial charge in [0.15, 0.2) is 9.84 Å². The van der Waals surface area contributed by atoms with E-state index in [1.54, 1.807) is 13.1 Å². The second-order valence-corrected chi connectivity index (χ2v) is 7.10. The Morgan fingerprint density at radius 2 is 2.06 bits per heavy atom. The summed E-state index contributed by atoms with van der Waals surface area (Å²) in [6.07, 6.45) is 0. The number of nitrogens with zero attached hydrogens (tertiary/aromatic N) is 1. The third kappa shape index (κ3) is 1.91. The Hall–Kier alpha value is -1.07. The molecule has 0 aliphatic carbocycles. The van der Waals surface area contributed by atoms with Gasteiger partial charge in [-0.1, -0.05) is 6.07 Å². The fraction of sp³-hybridized carbons (Fsp3) is 0.538. The molecule has 1 aliphatic rings. The van der Waals surface area contributed by atoms with Crippen molar-refractivity contribution in [2.24, 2.45) is 0 Å². The van der Waals surface area contributed by atoms with E-state index in [2.05, 4.69) is 10.2 Å². The van der Waals surface area contributed by atoms with Crippen LogP contribution >= 0.6 is 0 Å². The molecule has 0 saturated heterocycles. The smallest absolute Gasteiger partial charge is 0.186 e. The van der Waals surface area contributed by atoms with Crippen molar-refractivity contribution < 1.29 is 8.42 Å². The monoisotopic (exact) mass is 268 g/mol. The van der Waals surface area contributed by atoms with Crippen molar-refractivity contribution in [3.8, 4) is 0 Å². The number of benzene rings is 1. The van der Waals surface area contributed by atoms with Crippen LogP contribution in [0.25, 0.3) is 0 Å². The topological polar surface area (TPSA) is 49.4 Å². The number of fused-ring (bicyclic) bond motifs is 1. The lowest BCUT2D eigenvalue weighted by molar-refractivity contribution is 0.525. The standard InChI is InChI=1S/C13H20N2O2S/c1-9-5-6-12-11(7-9)15(4)10(2)13(8-14-3)18(12,16)17/h5-7,10,13-14H,8H2,1-4H3. The average molecular weight is 268 g/mol. The lowest BCUT2D eigenvalue weighted by Crippen LogP contribution is -2.51. The zero-order valence-electron chi connectivity index (χ0n) is 11.3. The summed E-state index contributed by atoms with van der Waals surface area (Å²) in [4.78, 5) is 2.51. The number of anilines is 1. The highest BCUT2D eigenvalue weighted by Gasteiger charge is 2.40. The van der Waals surface area contributed by atoms with Crippen LogP contribution in [0.15, 0.2) is 23.1 Å². The third-order valence-corrected chi connectivity index (χ3v) is 6.07. The molecule has 0 aromatic heterocycles. The molecule has 0 spiro atoms. The molecule has 0 radical (unpaired) electrons. The van der Waals surface area contributed by atoms with Gasteiger partial charge in [-0.25, -0.2) is 8.42 Å². The Kier molecular flexibility index (Phi) is 3.38. The molecule has 0 amide bonds. The molecule has 2 unspecified atom stereocenters. The average Bonchev–Trinajstić information content (AvgIpc) is 2.32. The minimum Gasteiger partial charge on any atom is -0.369 e. The minimum atomic E-state index is -3.25. The molecular weight excluding hydrogens is 248 g/mol. The zero-order valence-corrected chi connectivity index (χ0v) is 12.1. The molecule has 100 valence electrons. The van der Waals surface area contributed by atoms with E-state index in [1.807, 2.05) is 33.0 Å². The second-order valence-electron chi connectivity index (χ2n) is 4.96. The summed E-state index contributed by atoms with van der Waals surface area (Å²) in [7, 11) is 0.495. The third-order valence-electron chi connectivity index (χ3n) is 3.75. The van der Waals surface area contributed by atoms with Gasteiger partial charge in [-0.05, 0) is 38.6 Å². The highest BCUT2D eigenvalue weighted by Crippen LogP contribution is 2.36. The van der Waals surface area contributed by atoms with E-state index in [1.165, 1.54) is 0 Å². The van der Waals surface area contributed by atoms with E-state index >= 15 is 0 Å². The number of rotatable bonds is 2. The van der Waals surface area contributed by atoms with Crippen LogP contribution in [0, 0.1) is 6.92 Å². The number of aryl methyl sites for hydroxylation is 1. The van der Waals surface area contributed by atoms with Crippen molar-refractivity contribution in [3.05, 3.63) is 23.8 Å². The van der Waals surface area contributed by atoms with Gasteiger partial charge in [-0.3, -0.25) is 0 Å². The molecule has 18 heavy (non-hydrogen) atoms. The highest BCUT2D eigenvalue weighted by atomic mass is 32.2. The van der Waals surface area contributed by atoms with Gasteiger partial charge in [-0.15, -0.1) is 0 Å². The predicted molar refractivity (Wildman–Crippen MR) is 73.9 cm³/mol. The molecule has 1 N–H and O–H groups in total. The normalized spacial score (nSPS) is 25.9. The van der Waals surface area contributed by atoms with Crippen LogP contribution in [0.3, 0.4) is 0 Å². The molecule has 0 bridgehead atoms. The van der Waals surface area contributed by atoms with Gasteiger partial charge in [0, 0.05) is 19.6 Å². The first-order chi connectivity index (χ1) is 8.39. The van der Waals surface area contributed by atoms with E-state index in [9.17, 15) is 8.42 Å². The van der Waals surface area contributed by atoms with Crippen molar-refractivity contribution >= 4 is 15.5 Å². The molecule has 5 heteroatoms. The summed E-state index contributed by atoms with van der Waals surface area (Å²) < 4.78 is 25.2. The van der Waals surface area contributed by atoms with E-state index < -0.39 is 15.1 Å². The quantitative estimate of drug-likeness (QED) is 0.875. The first-order valence-corrected chi connectivity index (χ1v) is 7.66. The number of nitrogens with one attached hydrogen (secondary N) is 1. The molecule has 2 atom stereocenters. The molecule has 1 heterocycles. The zero-order chi connectivity index (χ0) is 13.5.